The van der Waals surface area contributed by atoms with Gasteiger partial charge < -0.3 is 15.5 Å². The fraction of sp³-hybridized carbons (Fsp3) is 1.00. The number of rotatable bonds is 4. The highest BCUT2D eigenvalue weighted by atomic mass is 16.3. The first-order valence-corrected chi connectivity index (χ1v) is 11.0. The van der Waals surface area contributed by atoms with E-state index in [2.05, 4.69) is 19.2 Å². The van der Waals surface area contributed by atoms with Gasteiger partial charge in [-0.1, -0.05) is 26.7 Å². The molecule has 0 saturated heterocycles. The summed E-state index contributed by atoms with van der Waals surface area (Å²) >= 11 is 0. The average Bonchev–Trinajstić information content (AvgIpc) is 2.86. The van der Waals surface area contributed by atoms with Crippen LogP contribution < -0.4 is 5.32 Å². The first kappa shape index (κ1) is 18.3. The Morgan fingerprint density at radius 2 is 1.72 bits per heavy atom. The van der Waals surface area contributed by atoms with Crippen molar-refractivity contribution < 1.29 is 10.2 Å². The zero-order chi connectivity index (χ0) is 17.7. The van der Waals surface area contributed by atoms with Crippen LogP contribution in [0.5, 0.6) is 0 Å². The predicted molar refractivity (Wildman–Crippen MR) is 101 cm³/mol. The van der Waals surface area contributed by atoms with Gasteiger partial charge in [0.05, 0.1) is 12.2 Å². The van der Waals surface area contributed by atoms with Gasteiger partial charge in [0.25, 0.3) is 0 Å². The molecule has 0 heterocycles. The second-order valence-electron chi connectivity index (χ2n) is 10.3. The molecule has 0 aromatic carbocycles. The third-order valence-electron chi connectivity index (χ3n) is 9.61. The van der Waals surface area contributed by atoms with Gasteiger partial charge in [-0.05, 0) is 80.5 Å². The van der Waals surface area contributed by atoms with Gasteiger partial charge in [0, 0.05) is 18.5 Å². The minimum absolute atomic E-state index is 0.0640. The van der Waals surface area contributed by atoms with Gasteiger partial charge in [0.15, 0.2) is 0 Å². The first-order valence-electron chi connectivity index (χ1n) is 11.0. The van der Waals surface area contributed by atoms with Gasteiger partial charge in [-0.2, -0.15) is 0 Å². The summed E-state index contributed by atoms with van der Waals surface area (Å²) in [5, 5.41) is 23.9. The molecule has 7 atom stereocenters. The predicted octanol–water partition coefficient (Wildman–Crippen LogP) is 3.73. The lowest BCUT2D eigenvalue weighted by atomic mass is 9.44. The number of fused-ring (bicyclic) bond motifs is 5. The number of nitrogens with one attached hydrogen (secondary N) is 1. The van der Waals surface area contributed by atoms with Crippen molar-refractivity contribution in [3.63, 3.8) is 0 Å². The quantitative estimate of drug-likeness (QED) is 0.678. The summed E-state index contributed by atoms with van der Waals surface area (Å²) in [5.74, 6) is 3.41. The fourth-order valence-corrected chi connectivity index (χ4v) is 8.07. The number of aliphatic hydroxyl groups is 2. The lowest BCUT2D eigenvalue weighted by Crippen LogP contribution is -2.58. The monoisotopic (exact) mass is 349 g/mol. The van der Waals surface area contributed by atoms with Crippen LogP contribution in [0, 0.1) is 34.5 Å². The maximum absolute atomic E-state index is 11.5. The van der Waals surface area contributed by atoms with Crippen LogP contribution in [0.15, 0.2) is 0 Å². The van der Waals surface area contributed by atoms with Crippen LogP contribution in [0.1, 0.15) is 78.1 Å². The van der Waals surface area contributed by atoms with Gasteiger partial charge in [0.2, 0.25) is 0 Å². The van der Waals surface area contributed by atoms with E-state index in [1.165, 1.54) is 57.8 Å². The molecule has 4 aliphatic rings. The topological polar surface area (TPSA) is 52.5 Å². The smallest absolute Gasteiger partial charge is 0.0827 e. The Balaban J connectivity index is 1.55. The van der Waals surface area contributed by atoms with E-state index >= 15 is 0 Å². The van der Waals surface area contributed by atoms with E-state index in [1.807, 2.05) is 0 Å². The zero-order valence-corrected chi connectivity index (χ0v) is 16.4. The lowest BCUT2D eigenvalue weighted by Gasteiger charge is -2.61. The van der Waals surface area contributed by atoms with Crippen LogP contribution in [0.3, 0.4) is 0 Å². The van der Waals surface area contributed by atoms with Crippen LogP contribution in [0.25, 0.3) is 0 Å². The minimum atomic E-state index is -0.581. The largest absolute Gasteiger partial charge is 0.395 e. The maximum Gasteiger partial charge on any atom is 0.0827 e. The van der Waals surface area contributed by atoms with Gasteiger partial charge >= 0.3 is 0 Å². The van der Waals surface area contributed by atoms with Gasteiger partial charge in [-0.3, -0.25) is 0 Å². The molecule has 4 saturated carbocycles. The number of hydrogen-bond donors (Lipinski definition) is 3. The third-order valence-corrected chi connectivity index (χ3v) is 9.61. The van der Waals surface area contributed by atoms with Crippen molar-refractivity contribution in [3.05, 3.63) is 0 Å². The molecule has 144 valence electrons. The van der Waals surface area contributed by atoms with Crippen LogP contribution in [0.2, 0.25) is 0 Å². The summed E-state index contributed by atoms with van der Waals surface area (Å²) < 4.78 is 0. The van der Waals surface area contributed by atoms with E-state index in [9.17, 15) is 5.11 Å². The molecule has 0 aromatic rings. The molecule has 25 heavy (non-hydrogen) atoms. The minimum Gasteiger partial charge on any atom is -0.395 e. The van der Waals surface area contributed by atoms with Crippen LogP contribution >= 0.6 is 0 Å². The first-order chi connectivity index (χ1) is 11.9. The van der Waals surface area contributed by atoms with Gasteiger partial charge in [0.1, 0.15) is 0 Å². The Labute approximate surface area is 154 Å². The molecule has 3 N–H and O–H groups in total. The summed E-state index contributed by atoms with van der Waals surface area (Å²) in [6.45, 7) is 6.41. The Morgan fingerprint density at radius 3 is 2.52 bits per heavy atom. The zero-order valence-electron chi connectivity index (χ0n) is 16.4. The second kappa shape index (κ2) is 6.49. The molecule has 0 aromatic heterocycles. The summed E-state index contributed by atoms with van der Waals surface area (Å²) in [5.41, 5.74) is 0.0644. The Hall–Kier alpha value is -0.120. The van der Waals surface area contributed by atoms with E-state index in [-0.39, 0.29) is 12.0 Å². The van der Waals surface area contributed by atoms with Crippen molar-refractivity contribution in [2.24, 2.45) is 34.5 Å². The van der Waals surface area contributed by atoms with E-state index in [4.69, 9.17) is 5.11 Å². The molecule has 0 amide bonds. The van der Waals surface area contributed by atoms with Crippen molar-refractivity contribution in [2.75, 3.05) is 19.7 Å². The van der Waals surface area contributed by atoms with Gasteiger partial charge in [-0.15, -0.1) is 0 Å². The molecule has 0 bridgehead atoms. The van der Waals surface area contributed by atoms with Crippen molar-refractivity contribution >= 4 is 0 Å². The normalized spacial score (nSPS) is 52.3. The summed E-state index contributed by atoms with van der Waals surface area (Å²) in [6.07, 6.45) is 13.3. The Morgan fingerprint density at radius 1 is 0.920 bits per heavy atom. The van der Waals surface area contributed by atoms with Crippen molar-refractivity contribution in [1.29, 1.82) is 0 Å². The number of hydrogen-bond acceptors (Lipinski definition) is 3. The van der Waals surface area contributed by atoms with Crippen molar-refractivity contribution in [3.8, 4) is 0 Å². The van der Waals surface area contributed by atoms with Gasteiger partial charge in [-0.25, -0.2) is 0 Å². The van der Waals surface area contributed by atoms with E-state index in [0.29, 0.717) is 24.4 Å². The standard InChI is InChI=1S/C22H39NO2/c1-20-10-4-3-5-16(20)6-7-17-18(20)8-11-21(2)19(17)9-12-22(21,25)15-23-13-14-24/h16-19,23-25H,3-15H2,1-2H3/t16-,17+,18+,19-,20+,21+,22-/m1/s1. The van der Waals surface area contributed by atoms with E-state index in [0.717, 1.165) is 24.2 Å². The van der Waals surface area contributed by atoms with E-state index < -0.39 is 5.60 Å². The third kappa shape index (κ3) is 2.63. The molecule has 4 aliphatic carbocycles. The molecule has 0 aliphatic heterocycles. The summed E-state index contributed by atoms with van der Waals surface area (Å²) in [6, 6.07) is 0. The molecular weight excluding hydrogens is 310 g/mol. The Kier molecular flexibility index (Phi) is 4.74. The van der Waals surface area contributed by atoms with E-state index in [1.54, 1.807) is 0 Å². The second-order valence-corrected chi connectivity index (χ2v) is 10.3. The fourth-order valence-electron chi connectivity index (χ4n) is 8.07. The lowest BCUT2D eigenvalue weighted by molar-refractivity contribution is -0.150. The summed E-state index contributed by atoms with van der Waals surface area (Å²) in [4.78, 5) is 0. The molecule has 4 rings (SSSR count). The van der Waals surface area contributed by atoms with Crippen molar-refractivity contribution in [2.45, 2.75) is 83.7 Å². The SMILES string of the molecule is C[C@]12CCCC[C@@H]1CC[C@@H]1[C@H]3CC[C@@](O)(CNCCO)[C@@]3(C)CC[C@@H]12. The number of aliphatic hydroxyl groups excluding tert-OH is 1. The molecule has 0 spiro atoms. The molecule has 0 radical (unpaired) electrons. The Bertz CT molecular complexity index is 496. The molecule has 0 unspecified atom stereocenters. The van der Waals surface area contributed by atoms with Crippen LogP contribution in [-0.2, 0) is 0 Å². The van der Waals surface area contributed by atoms with Crippen LogP contribution in [0.4, 0.5) is 0 Å². The van der Waals surface area contributed by atoms with Crippen molar-refractivity contribution in [1.82, 2.24) is 5.32 Å². The highest BCUT2D eigenvalue weighted by molar-refractivity contribution is 5.14. The highest BCUT2D eigenvalue weighted by Gasteiger charge is 2.64. The molecule has 3 heteroatoms. The molecule has 3 nitrogen and oxygen atoms in total. The molecule has 4 fully saturated rings. The highest BCUT2D eigenvalue weighted by Crippen LogP contribution is 2.68. The summed E-state index contributed by atoms with van der Waals surface area (Å²) in [7, 11) is 0. The van der Waals surface area contributed by atoms with Crippen LogP contribution in [-0.4, -0.2) is 35.5 Å². The maximum atomic E-state index is 11.5. The average molecular weight is 350 g/mol. The molecular formula is C22H39NO2.